The van der Waals surface area contributed by atoms with Crippen LogP contribution >= 0.6 is 11.3 Å². The van der Waals surface area contributed by atoms with Gasteiger partial charge in [-0.3, -0.25) is 0 Å². The summed E-state index contributed by atoms with van der Waals surface area (Å²) in [6, 6.07) is 3.03. The molecule has 1 saturated heterocycles. The zero-order valence-electron chi connectivity index (χ0n) is 18.2. The van der Waals surface area contributed by atoms with Gasteiger partial charge in [0, 0.05) is 41.3 Å². The summed E-state index contributed by atoms with van der Waals surface area (Å²) in [6.07, 6.45) is 6.24. The smallest absolute Gasteiger partial charge is 0.214 e. The first kappa shape index (κ1) is 21.8. The summed E-state index contributed by atoms with van der Waals surface area (Å²) in [5.41, 5.74) is 1.39. The van der Waals surface area contributed by atoms with Crippen LogP contribution in [0.4, 0.5) is 0 Å². The molecule has 0 radical (unpaired) electrons. The number of piperidine rings is 1. The van der Waals surface area contributed by atoms with Crippen LogP contribution in [0.1, 0.15) is 68.7 Å². The van der Waals surface area contributed by atoms with Gasteiger partial charge in [-0.2, -0.15) is 0 Å². The minimum Gasteiger partial charge on any atom is -0.370 e. The molecule has 5 nitrogen and oxygen atoms in total. The van der Waals surface area contributed by atoms with Gasteiger partial charge >= 0.3 is 0 Å². The quantitative estimate of drug-likeness (QED) is 0.733. The number of rotatable bonds is 6. The molecule has 2 aliphatic heterocycles. The van der Waals surface area contributed by atoms with E-state index in [9.17, 15) is 8.42 Å². The van der Waals surface area contributed by atoms with Crippen molar-refractivity contribution in [1.82, 2.24) is 9.62 Å². The Kier molecular flexibility index (Phi) is 6.17. The average molecular weight is 441 g/mol. The highest BCUT2D eigenvalue weighted by Gasteiger charge is 2.45. The van der Waals surface area contributed by atoms with Gasteiger partial charge in [-0.1, -0.05) is 6.92 Å². The van der Waals surface area contributed by atoms with E-state index in [-0.39, 0.29) is 16.9 Å². The molecule has 1 spiro atoms. The number of nitrogens with zero attached hydrogens (tertiary/aromatic N) is 1. The molecule has 3 heterocycles. The highest BCUT2D eigenvalue weighted by molar-refractivity contribution is 7.90. The second-order valence-corrected chi connectivity index (χ2v) is 13.0. The first-order chi connectivity index (χ1) is 13.7. The molecule has 1 N–H and O–H groups in total. The van der Waals surface area contributed by atoms with Gasteiger partial charge in [0.05, 0.1) is 17.5 Å². The molecular weight excluding hydrogens is 404 g/mol. The molecule has 0 unspecified atom stereocenters. The van der Waals surface area contributed by atoms with Crippen molar-refractivity contribution >= 4 is 21.4 Å². The summed E-state index contributed by atoms with van der Waals surface area (Å²) in [6.45, 7) is 11.0. The van der Waals surface area contributed by atoms with E-state index in [4.69, 9.17) is 4.74 Å². The monoisotopic (exact) mass is 440 g/mol. The standard InChI is InChI=1S/C22H36N2O3S2/c1-5-19-12-20-21(28-19)6-9-27-22(20)7-8-24(16(4)13-22)14-17-10-18(11-17)23-29(25,26)15(2)3/h12,15-18,23H,5-11,13-14H2,1-4H3/t16-,17?,18?,22+/m0/s1. The van der Waals surface area contributed by atoms with Crippen LogP contribution in [-0.2, 0) is 33.2 Å². The molecule has 29 heavy (non-hydrogen) atoms. The second-order valence-electron chi connectivity index (χ2n) is 9.54. The molecular formula is C22H36N2O3S2. The number of fused-ring (bicyclic) bond motifs is 2. The van der Waals surface area contributed by atoms with Crippen LogP contribution in [0.15, 0.2) is 6.07 Å². The normalized spacial score (nSPS) is 33.1. The number of ether oxygens (including phenoxy) is 1. The minimum absolute atomic E-state index is 0.0809. The number of likely N-dealkylation sites (tertiary alicyclic amines) is 1. The molecule has 164 valence electrons. The zero-order chi connectivity index (χ0) is 20.8. The van der Waals surface area contributed by atoms with Crippen LogP contribution in [-0.4, -0.2) is 50.3 Å². The lowest BCUT2D eigenvalue weighted by Gasteiger charge is -2.49. The van der Waals surface area contributed by atoms with E-state index in [2.05, 4.69) is 29.5 Å². The molecule has 1 saturated carbocycles. The van der Waals surface area contributed by atoms with E-state index in [1.165, 1.54) is 10.4 Å². The van der Waals surface area contributed by atoms with E-state index in [1.807, 2.05) is 11.3 Å². The number of thiophene rings is 1. The maximum absolute atomic E-state index is 12.0. The maximum atomic E-state index is 12.0. The van der Waals surface area contributed by atoms with Crippen LogP contribution in [0.5, 0.6) is 0 Å². The Bertz CT molecular complexity index is 829. The van der Waals surface area contributed by atoms with E-state index < -0.39 is 10.0 Å². The molecule has 0 aromatic carbocycles. The number of hydrogen-bond acceptors (Lipinski definition) is 5. The van der Waals surface area contributed by atoms with Gasteiger partial charge in [-0.15, -0.1) is 11.3 Å². The Morgan fingerprint density at radius 1 is 1.38 bits per heavy atom. The van der Waals surface area contributed by atoms with Crippen molar-refractivity contribution < 1.29 is 13.2 Å². The maximum Gasteiger partial charge on any atom is 0.214 e. The third-order valence-electron chi connectivity index (χ3n) is 7.14. The topological polar surface area (TPSA) is 58.6 Å². The number of nitrogens with one attached hydrogen (secondary N) is 1. The molecule has 1 aromatic rings. The lowest BCUT2D eigenvalue weighted by Crippen LogP contribution is -2.54. The molecule has 2 fully saturated rings. The summed E-state index contributed by atoms with van der Waals surface area (Å²) in [4.78, 5) is 5.64. The van der Waals surface area contributed by atoms with Crippen molar-refractivity contribution in [3.05, 3.63) is 21.4 Å². The molecule has 7 heteroatoms. The number of hydrogen-bond donors (Lipinski definition) is 1. The third kappa shape index (κ3) is 4.31. The number of aryl methyl sites for hydroxylation is 1. The lowest BCUT2D eigenvalue weighted by atomic mass is 9.77. The second kappa shape index (κ2) is 8.23. The molecule has 0 bridgehead atoms. The predicted molar refractivity (Wildman–Crippen MR) is 119 cm³/mol. The minimum atomic E-state index is -3.15. The van der Waals surface area contributed by atoms with Gasteiger partial charge in [0.2, 0.25) is 10.0 Å². The number of sulfonamides is 1. The fourth-order valence-corrected chi connectivity index (χ4v) is 7.33. The van der Waals surface area contributed by atoms with E-state index in [0.29, 0.717) is 12.0 Å². The van der Waals surface area contributed by atoms with Crippen LogP contribution < -0.4 is 4.72 Å². The van der Waals surface area contributed by atoms with Crippen molar-refractivity contribution in [2.24, 2.45) is 5.92 Å². The van der Waals surface area contributed by atoms with Gasteiger partial charge in [0.1, 0.15) is 0 Å². The van der Waals surface area contributed by atoms with Crippen molar-refractivity contribution in [2.75, 3.05) is 19.7 Å². The fraction of sp³-hybridized carbons (Fsp3) is 0.818. The highest BCUT2D eigenvalue weighted by Crippen LogP contribution is 2.46. The van der Waals surface area contributed by atoms with Gasteiger partial charge in [-0.25, -0.2) is 13.1 Å². The third-order valence-corrected chi connectivity index (χ3v) is 10.4. The summed E-state index contributed by atoms with van der Waals surface area (Å²) < 4.78 is 33.4. The Hall–Kier alpha value is -0.470. The van der Waals surface area contributed by atoms with Crippen LogP contribution in [0.25, 0.3) is 0 Å². The Morgan fingerprint density at radius 3 is 2.79 bits per heavy atom. The van der Waals surface area contributed by atoms with Gasteiger partial charge in [0.25, 0.3) is 0 Å². The van der Waals surface area contributed by atoms with E-state index in [1.54, 1.807) is 18.7 Å². The zero-order valence-corrected chi connectivity index (χ0v) is 19.9. The summed E-state index contributed by atoms with van der Waals surface area (Å²) in [5.74, 6) is 0.599. The molecule has 0 amide bonds. The molecule has 1 aromatic heterocycles. The first-order valence-electron chi connectivity index (χ1n) is 11.2. The van der Waals surface area contributed by atoms with Gasteiger partial charge in [-0.05, 0) is 70.4 Å². The van der Waals surface area contributed by atoms with Crippen LogP contribution in [0, 0.1) is 5.92 Å². The summed E-state index contributed by atoms with van der Waals surface area (Å²) in [7, 11) is -3.15. The van der Waals surface area contributed by atoms with Gasteiger partial charge in [0.15, 0.2) is 0 Å². The van der Waals surface area contributed by atoms with Crippen molar-refractivity contribution in [3.8, 4) is 0 Å². The predicted octanol–water partition coefficient (Wildman–Crippen LogP) is 3.67. The molecule has 3 aliphatic rings. The Balaban J connectivity index is 1.33. The van der Waals surface area contributed by atoms with Crippen LogP contribution in [0.2, 0.25) is 0 Å². The SMILES string of the molecule is CCc1cc2c(s1)CCO[C@@]21CCN(CC2CC(NS(=O)(=O)C(C)C)C2)[C@@H](C)C1. The van der Waals surface area contributed by atoms with E-state index >= 15 is 0 Å². The van der Waals surface area contributed by atoms with Crippen molar-refractivity contribution in [1.29, 1.82) is 0 Å². The Morgan fingerprint density at radius 2 is 2.14 bits per heavy atom. The fourth-order valence-electron chi connectivity index (χ4n) is 5.23. The van der Waals surface area contributed by atoms with Crippen molar-refractivity contribution in [2.45, 2.75) is 89.2 Å². The molecule has 4 rings (SSSR count). The summed E-state index contributed by atoms with van der Waals surface area (Å²) >= 11 is 1.99. The summed E-state index contributed by atoms with van der Waals surface area (Å²) in [5, 5.41) is -0.356. The van der Waals surface area contributed by atoms with Crippen molar-refractivity contribution in [3.63, 3.8) is 0 Å². The Labute approximate surface area is 180 Å². The van der Waals surface area contributed by atoms with E-state index in [0.717, 1.165) is 58.2 Å². The lowest BCUT2D eigenvalue weighted by molar-refractivity contribution is -0.114. The molecule has 2 atom stereocenters. The van der Waals surface area contributed by atoms with Crippen LogP contribution in [0.3, 0.4) is 0 Å². The highest BCUT2D eigenvalue weighted by atomic mass is 32.2. The average Bonchev–Trinajstić information content (AvgIpc) is 3.07. The first-order valence-corrected chi connectivity index (χ1v) is 13.6. The molecule has 1 aliphatic carbocycles. The van der Waals surface area contributed by atoms with Gasteiger partial charge < -0.3 is 9.64 Å². The largest absolute Gasteiger partial charge is 0.370 e.